The predicted octanol–water partition coefficient (Wildman–Crippen LogP) is 6.60. The summed E-state index contributed by atoms with van der Waals surface area (Å²) in [6.07, 6.45) is -2.34. The van der Waals surface area contributed by atoms with Crippen LogP contribution >= 0.6 is 11.6 Å². The van der Waals surface area contributed by atoms with Crippen molar-refractivity contribution < 1.29 is 27.1 Å². The van der Waals surface area contributed by atoms with Gasteiger partial charge in [-0.15, -0.1) is 0 Å². The number of esters is 1. The third-order valence-electron chi connectivity index (χ3n) is 5.10. The smallest absolute Gasteiger partial charge is 0.416 e. The van der Waals surface area contributed by atoms with Crippen LogP contribution in [0.25, 0.3) is 0 Å². The number of carbonyl (C=O) groups excluding carboxylic acids is 1. The van der Waals surface area contributed by atoms with E-state index in [9.17, 15) is 22.4 Å². The normalized spacial score (nSPS) is 12.6. The van der Waals surface area contributed by atoms with Crippen molar-refractivity contribution in [3.63, 3.8) is 0 Å². The summed E-state index contributed by atoms with van der Waals surface area (Å²) in [6.45, 7) is 3.41. The number of aromatic amines is 1. The van der Waals surface area contributed by atoms with Gasteiger partial charge in [-0.25, -0.2) is 9.18 Å². The molecule has 9 heteroatoms. The quantitative estimate of drug-likeness (QED) is 0.281. The molecule has 0 aliphatic carbocycles. The molecule has 3 rings (SSSR count). The van der Waals surface area contributed by atoms with Crippen LogP contribution in [0.15, 0.2) is 54.7 Å². The summed E-state index contributed by atoms with van der Waals surface area (Å²) in [5.41, 5.74) is 1.31. The summed E-state index contributed by atoms with van der Waals surface area (Å²) in [7, 11) is 0. The van der Waals surface area contributed by atoms with E-state index in [4.69, 9.17) is 16.3 Å². The molecule has 2 N–H and O–H groups in total. The van der Waals surface area contributed by atoms with Crippen LogP contribution in [0.3, 0.4) is 0 Å². The summed E-state index contributed by atoms with van der Waals surface area (Å²) in [5.74, 6) is -2.06. The first-order valence-electron chi connectivity index (χ1n) is 10.2. The van der Waals surface area contributed by atoms with E-state index in [0.29, 0.717) is 23.2 Å². The lowest BCUT2D eigenvalue weighted by Gasteiger charge is -2.22. The molecule has 0 amide bonds. The van der Waals surface area contributed by atoms with Crippen LogP contribution in [0.4, 0.5) is 23.2 Å². The first-order valence-corrected chi connectivity index (χ1v) is 10.6. The molecule has 0 saturated carbocycles. The van der Waals surface area contributed by atoms with Crippen LogP contribution in [0.5, 0.6) is 0 Å². The van der Waals surface area contributed by atoms with E-state index in [0.717, 1.165) is 23.3 Å². The Morgan fingerprint density at radius 2 is 1.91 bits per heavy atom. The van der Waals surface area contributed by atoms with Gasteiger partial charge >= 0.3 is 12.1 Å². The van der Waals surface area contributed by atoms with Crippen molar-refractivity contribution in [2.75, 3.05) is 5.32 Å². The number of rotatable bonds is 8. The van der Waals surface area contributed by atoms with Crippen LogP contribution in [-0.2, 0) is 28.7 Å². The molecule has 4 nitrogen and oxygen atoms in total. The Kier molecular flexibility index (Phi) is 7.68. The van der Waals surface area contributed by atoms with Gasteiger partial charge in [-0.1, -0.05) is 37.6 Å². The molecule has 0 fully saturated rings. The lowest BCUT2D eigenvalue weighted by atomic mass is 10.0. The van der Waals surface area contributed by atoms with Crippen molar-refractivity contribution in [2.45, 2.75) is 39.1 Å². The Labute approximate surface area is 193 Å². The molecule has 0 aliphatic heterocycles. The maximum Gasteiger partial charge on any atom is 0.416 e. The molecule has 2 aromatic carbocycles. The summed E-state index contributed by atoms with van der Waals surface area (Å²) in [4.78, 5) is 15.8. The maximum absolute atomic E-state index is 14.2. The van der Waals surface area contributed by atoms with Crippen LogP contribution in [-0.4, -0.2) is 17.0 Å². The highest BCUT2D eigenvalue weighted by Crippen LogP contribution is 2.31. The number of benzene rings is 2. The second-order valence-electron chi connectivity index (χ2n) is 7.95. The molecule has 3 aromatic rings. The Bertz CT molecular complexity index is 1110. The summed E-state index contributed by atoms with van der Waals surface area (Å²) in [5, 5.41) is 3.30. The molecule has 176 valence electrons. The molecule has 1 heterocycles. The van der Waals surface area contributed by atoms with Crippen molar-refractivity contribution in [3.05, 3.63) is 88.0 Å². The minimum absolute atomic E-state index is 0.0396. The molecular weight excluding hydrogens is 460 g/mol. The van der Waals surface area contributed by atoms with Crippen molar-refractivity contribution in [2.24, 2.45) is 5.92 Å². The number of carbonyl (C=O) groups is 1. The number of H-pyrrole nitrogens is 1. The van der Waals surface area contributed by atoms with Gasteiger partial charge in [-0.2, -0.15) is 13.2 Å². The van der Waals surface area contributed by atoms with Crippen molar-refractivity contribution in [1.29, 1.82) is 0 Å². The molecule has 1 unspecified atom stereocenters. The average molecular weight is 483 g/mol. The number of aromatic nitrogens is 1. The third-order valence-corrected chi connectivity index (χ3v) is 5.34. The third kappa shape index (κ3) is 6.51. The highest BCUT2D eigenvalue weighted by Gasteiger charge is 2.32. The van der Waals surface area contributed by atoms with Crippen molar-refractivity contribution >= 4 is 23.3 Å². The zero-order valence-corrected chi connectivity index (χ0v) is 18.7. The number of hydrogen-bond acceptors (Lipinski definition) is 3. The number of hydrogen-bond donors (Lipinski definition) is 2. The first kappa shape index (κ1) is 24.6. The molecule has 0 spiro atoms. The van der Waals surface area contributed by atoms with Gasteiger partial charge < -0.3 is 15.0 Å². The van der Waals surface area contributed by atoms with E-state index in [1.807, 2.05) is 24.3 Å². The molecule has 0 bridgehead atoms. The van der Waals surface area contributed by atoms with E-state index in [1.54, 1.807) is 26.1 Å². The fourth-order valence-electron chi connectivity index (χ4n) is 3.31. The fourth-order valence-corrected chi connectivity index (χ4v) is 3.52. The van der Waals surface area contributed by atoms with Gasteiger partial charge in [0, 0.05) is 11.2 Å². The molecule has 0 radical (unpaired) electrons. The number of alkyl halides is 3. The Morgan fingerprint density at radius 3 is 2.55 bits per heavy atom. The Hall–Kier alpha value is -3.00. The van der Waals surface area contributed by atoms with E-state index in [-0.39, 0.29) is 18.2 Å². The zero-order valence-electron chi connectivity index (χ0n) is 18.0. The predicted molar refractivity (Wildman–Crippen MR) is 118 cm³/mol. The molecule has 1 atom stereocenters. The van der Waals surface area contributed by atoms with E-state index < -0.39 is 29.6 Å². The van der Waals surface area contributed by atoms with Gasteiger partial charge in [0.15, 0.2) is 0 Å². The minimum Gasteiger partial charge on any atom is -0.458 e. The maximum atomic E-state index is 14.2. The van der Waals surface area contributed by atoms with Gasteiger partial charge in [0.25, 0.3) is 0 Å². The highest BCUT2D eigenvalue weighted by atomic mass is 35.5. The second kappa shape index (κ2) is 10.3. The van der Waals surface area contributed by atoms with Crippen molar-refractivity contribution in [1.82, 2.24) is 4.98 Å². The number of anilines is 1. The lowest BCUT2D eigenvalue weighted by molar-refractivity contribution is -0.147. The van der Waals surface area contributed by atoms with E-state index in [1.165, 1.54) is 0 Å². The van der Waals surface area contributed by atoms with Crippen LogP contribution < -0.4 is 5.32 Å². The molecule has 1 aromatic heterocycles. The Balaban J connectivity index is 1.67. The SMILES string of the molecule is CC(C)C(Nc1ccc(C(F)(F)F)cc1F)C(=O)OCc1[nH]ccc1Cc1cccc(Cl)c1. The van der Waals surface area contributed by atoms with Gasteiger partial charge in [-0.05, 0) is 59.9 Å². The summed E-state index contributed by atoms with van der Waals surface area (Å²) in [6, 6.07) is 10.5. The number of nitrogens with one attached hydrogen (secondary N) is 2. The van der Waals surface area contributed by atoms with Crippen LogP contribution in [0.1, 0.15) is 36.2 Å². The zero-order chi connectivity index (χ0) is 24.2. The molecule has 0 saturated heterocycles. The Morgan fingerprint density at radius 1 is 1.15 bits per heavy atom. The topological polar surface area (TPSA) is 54.1 Å². The summed E-state index contributed by atoms with van der Waals surface area (Å²) < 4.78 is 58.0. The fraction of sp³-hybridized carbons (Fsp3) is 0.292. The standard InChI is InChI=1S/C24H23ClF4N2O2/c1-14(2)22(31-20-7-6-17(12-19(20)26)24(27,28)29)23(32)33-13-21-16(8-9-30-21)10-15-4-3-5-18(25)11-15/h3-9,11-12,14,22,30-31H,10,13H2,1-2H3. The number of halogens is 5. The monoisotopic (exact) mass is 482 g/mol. The van der Waals surface area contributed by atoms with Gasteiger partial charge in [-0.3, -0.25) is 0 Å². The van der Waals surface area contributed by atoms with E-state index in [2.05, 4.69) is 10.3 Å². The summed E-state index contributed by atoms with van der Waals surface area (Å²) >= 11 is 6.03. The largest absolute Gasteiger partial charge is 0.458 e. The number of ether oxygens (including phenoxy) is 1. The lowest BCUT2D eigenvalue weighted by Crippen LogP contribution is -2.36. The highest BCUT2D eigenvalue weighted by molar-refractivity contribution is 6.30. The van der Waals surface area contributed by atoms with E-state index >= 15 is 0 Å². The molecule has 0 aliphatic rings. The van der Waals surface area contributed by atoms with Gasteiger partial charge in [0.1, 0.15) is 18.5 Å². The van der Waals surface area contributed by atoms with Crippen LogP contribution in [0.2, 0.25) is 5.02 Å². The molecular formula is C24H23ClF4N2O2. The first-order chi connectivity index (χ1) is 15.5. The van der Waals surface area contributed by atoms with Crippen molar-refractivity contribution in [3.8, 4) is 0 Å². The minimum atomic E-state index is -4.66. The second-order valence-corrected chi connectivity index (χ2v) is 8.39. The van der Waals surface area contributed by atoms with Gasteiger partial charge in [0.05, 0.1) is 16.9 Å². The van der Waals surface area contributed by atoms with Gasteiger partial charge in [0.2, 0.25) is 0 Å². The average Bonchev–Trinajstić information content (AvgIpc) is 3.17. The van der Waals surface area contributed by atoms with Crippen LogP contribution in [0, 0.1) is 11.7 Å². The molecule has 33 heavy (non-hydrogen) atoms.